The summed E-state index contributed by atoms with van der Waals surface area (Å²) in [6, 6.07) is 5.68. The summed E-state index contributed by atoms with van der Waals surface area (Å²) in [4.78, 5) is 0. The lowest BCUT2D eigenvalue weighted by Crippen LogP contribution is -2.19. The normalized spacial score (nSPS) is 16.4. The Morgan fingerprint density at radius 3 is 2.86 bits per heavy atom. The number of hydrogen-bond donors (Lipinski definition) is 0. The molecular formula is C11H12BrClO. The minimum absolute atomic E-state index is 0.688. The molecule has 3 heteroatoms. The molecule has 0 heterocycles. The molecule has 0 radical (unpaired) electrons. The van der Waals surface area contributed by atoms with E-state index in [-0.39, 0.29) is 0 Å². The van der Waals surface area contributed by atoms with E-state index in [1.54, 1.807) is 0 Å². The van der Waals surface area contributed by atoms with Gasteiger partial charge < -0.3 is 4.74 Å². The molecule has 76 valence electrons. The van der Waals surface area contributed by atoms with Gasteiger partial charge in [0.05, 0.1) is 11.6 Å². The molecule has 1 fully saturated rings. The van der Waals surface area contributed by atoms with E-state index >= 15 is 0 Å². The summed E-state index contributed by atoms with van der Waals surface area (Å²) in [5.41, 5.74) is 0. The summed E-state index contributed by atoms with van der Waals surface area (Å²) in [5, 5.41) is 0.688. The lowest BCUT2D eigenvalue weighted by Gasteiger charge is -2.25. The van der Waals surface area contributed by atoms with Gasteiger partial charge in [0, 0.05) is 4.47 Å². The standard InChI is InChI=1S/C11H12BrClO/c12-9-4-5-10(13)11(6-9)14-7-8-2-1-3-8/h4-6,8H,1-3,7H2. The van der Waals surface area contributed by atoms with E-state index in [0.717, 1.165) is 22.7 Å². The zero-order valence-corrected chi connectivity index (χ0v) is 10.1. The summed E-state index contributed by atoms with van der Waals surface area (Å²) in [6.45, 7) is 0.802. The van der Waals surface area contributed by atoms with E-state index in [1.165, 1.54) is 19.3 Å². The summed E-state index contributed by atoms with van der Waals surface area (Å²) in [6.07, 6.45) is 3.94. The molecule has 1 aliphatic rings. The first kappa shape index (κ1) is 10.3. The van der Waals surface area contributed by atoms with Crippen LogP contribution in [0.5, 0.6) is 5.75 Å². The predicted octanol–water partition coefficient (Wildman–Crippen LogP) is 4.28. The first-order valence-corrected chi connectivity index (χ1v) is 6.00. The second-order valence-corrected chi connectivity index (χ2v) is 5.01. The van der Waals surface area contributed by atoms with E-state index in [9.17, 15) is 0 Å². The van der Waals surface area contributed by atoms with Crippen LogP contribution >= 0.6 is 27.5 Å². The molecule has 0 N–H and O–H groups in total. The molecule has 0 aromatic heterocycles. The van der Waals surface area contributed by atoms with Crippen molar-refractivity contribution in [3.63, 3.8) is 0 Å². The number of rotatable bonds is 3. The lowest BCUT2D eigenvalue weighted by molar-refractivity contribution is 0.180. The molecular weight excluding hydrogens is 263 g/mol. The summed E-state index contributed by atoms with van der Waals surface area (Å²) in [5.74, 6) is 1.53. The fourth-order valence-electron chi connectivity index (χ4n) is 1.45. The molecule has 1 aliphatic carbocycles. The van der Waals surface area contributed by atoms with Gasteiger partial charge in [-0.25, -0.2) is 0 Å². The van der Waals surface area contributed by atoms with Gasteiger partial charge in [-0.3, -0.25) is 0 Å². The number of hydrogen-bond acceptors (Lipinski definition) is 1. The number of ether oxygens (including phenoxy) is 1. The third-order valence-corrected chi connectivity index (χ3v) is 3.40. The molecule has 1 aromatic rings. The van der Waals surface area contributed by atoms with E-state index in [2.05, 4.69) is 15.9 Å². The Morgan fingerprint density at radius 1 is 1.43 bits per heavy atom. The average molecular weight is 276 g/mol. The van der Waals surface area contributed by atoms with Crippen LogP contribution in [0.1, 0.15) is 19.3 Å². The zero-order valence-electron chi connectivity index (χ0n) is 7.80. The third-order valence-electron chi connectivity index (χ3n) is 2.59. The molecule has 1 saturated carbocycles. The van der Waals surface area contributed by atoms with Crippen LogP contribution in [0.3, 0.4) is 0 Å². The van der Waals surface area contributed by atoms with Gasteiger partial charge in [0.15, 0.2) is 0 Å². The Kier molecular flexibility index (Phi) is 3.34. The highest BCUT2D eigenvalue weighted by atomic mass is 79.9. The van der Waals surface area contributed by atoms with Crippen molar-refractivity contribution in [1.82, 2.24) is 0 Å². The van der Waals surface area contributed by atoms with Gasteiger partial charge in [-0.2, -0.15) is 0 Å². The van der Waals surface area contributed by atoms with E-state index in [1.807, 2.05) is 18.2 Å². The SMILES string of the molecule is Clc1ccc(Br)cc1OCC1CCC1. The molecule has 1 nitrogen and oxygen atoms in total. The first-order chi connectivity index (χ1) is 6.75. The molecule has 0 bridgehead atoms. The van der Waals surface area contributed by atoms with Crippen molar-refractivity contribution in [2.24, 2.45) is 5.92 Å². The van der Waals surface area contributed by atoms with Crippen molar-refractivity contribution in [2.75, 3.05) is 6.61 Å². The minimum atomic E-state index is 0.688. The largest absolute Gasteiger partial charge is 0.492 e. The van der Waals surface area contributed by atoms with Gasteiger partial charge >= 0.3 is 0 Å². The molecule has 2 rings (SSSR count). The van der Waals surface area contributed by atoms with Crippen LogP contribution in [0.25, 0.3) is 0 Å². The van der Waals surface area contributed by atoms with Crippen molar-refractivity contribution >= 4 is 27.5 Å². The third kappa shape index (κ3) is 2.43. The Labute approximate surface area is 97.5 Å². The maximum Gasteiger partial charge on any atom is 0.139 e. The highest BCUT2D eigenvalue weighted by molar-refractivity contribution is 9.10. The van der Waals surface area contributed by atoms with E-state index in [4.69, 9.17) is 16.3 Å². The highest BCUT2D eigenvalue weighted by Crippen LogP contribution is 2.31. The van der Waals surface area contributed by atoms with Gasteiger partial charge in [0.2, 0.25) is 0 Å². The Morgan fingerprint density at radius 2 is 2.21 bits per heavy atom. The maximum absolute atomic E-state index is 6.00. The zero-order chi connectivity index (χ0) is 9.97. The average Bonchev–Trinajstić information content (AvgIpc) is 2.08. The lowest BCUT2D eigenvalue weighted by atomic mass is 9.86. The van der Waals surface area contributed by atoms with Crippen molar-refractivity contribution in [1.29, 1.82) is 0 Å². The monoisotopic (exact) mass is 274 g/mol. The quantitative estimate of drug-likeness (QED) is 0.800. The second-order valence-electron chi connectivity index (χ2n) is 3.68. The van der Waals surface area contributed by atoms with Crippen molar-refractivity contribution in [3.8, 4) is 5.75 Å². The smallest absolute Gasteiger partial charge is 0.139 e. The van der Waals surface area contributed by atoms with Gasteiger partial charge in [-0.15, -0.1) is 0 Å². The molecule has 0 unspecified atom stereocenters. The van der Waals surface area contributed by atoms with E-state index in [0.29, 0.717) is 5.02 Å². The van der Waals surface area contributed by atoms with Gasteiger partial charge in [-0.1, -0.05) is 34.0 Å². The fraction of sp³-hybridized carbons (Fsp3) is 0.455. The summed E-state index contributed by atoms with van der Waals surface area (Å²) < 4.78 is 6.66. The first-order valence-electron chi connectivity index (χ1n) is 4.83. The topological polar surface area (TPSA) is 9.23 Å². The molecule has 0 aliphatic heterocycles. The molecule has 0 atom stereocenters. The van der Waals surface area contributed by atoms with Gasteiger partial charge in [0.25, 0.3) is 0 Å². The minimum Gasteiger partial charge on any atom is -0.492 e. The van der Waals surface area contributed by atoms with Crippen LogP contribution in [0.15, 0.2) is 22.7 Å². The maximum atomic E-state index is 6.00. The Hall–Kier alpha value is -0.210. The second kappa shape index (κ2) is 4.54. The van der Waals surface area contributed by atoms with Crippen molar-refractivity contribution in [3.05, 3.63) is 27.7 Å². The molecule has 14 heavy (non-hydrogen) atoms. The highest BCUT2D eigenvalue weighted by Gasteiger charge is 2.18. The van der Waals surface area contributed by atoms with Crippen LogP contribution in [0, 0.1) is 5.92 Å². The van der Waals surface area contributed by atoms with Crippen molar-refractivity contribution < 1.29 is 4.74 Å². The predicted molar refractivity (Wildman–Crippen MR) is 62.0 cm³/mol. The van der Waals surface area contributed by atoms with Crippen LogP contribution in [-0.4, -0.2) is 6.61 Å². The molecule has 0 spiro atoms. The van der Waals surface area contributed by atoms with Crippen LogP contribution in [-0.2, 0) is 0 Å². The Balaban J connectivity index is 1.96. The molecule has 1 aromatic carbocycles. The van der Waals surface area contributed by atoms with Crippen LogP contribution < -0.4 is 4.74 Å². The summed E-state index contributed by atoms with van der Waals surface area (Å²) in [7, 11) is 0. The summed E-state index contributed by atoms with van der Waals surface area (Å²) >= 11 is 9.39. The number of halogens is 2. The van der Waals surface area contributed by atoms with Crippen molar-refractivity contribution in [2.45, 2.75) is 19.3 Å². The number of benzene rings is 1. The van der Waals surface area contributed by atoms with Crippen LogP contribution in [0.4, 0.5) is 0 Å². The van der Waals surface area contributed by atoms with E-state index < -0.39 is 0 Å². The fourth-order valence-corrected chi connectivity index (χ4v) is 1.97. The molecule has 0 amide bonds. The van der Waals surface area contributed by atoms with Crippen LogP contribution in [0.2, 0.25) is 5.02 Å². The Bertz CT molecular complexity index is 323. The van der Waals surface area contributed by atoms with Gasteiger partial charge in [0.1, 0.15) is 5.75 Å². The molecule has 0 saturated heterocycles. The van der Waals surface area contributed by atoms with Gasteiger partial charge in [-0.05, 0) is 37.0 Å².